The molecule has 2 aliphatic rings. The molecule has 3 heteroatoms. The third kappa shape index (κ3) is 15.9. The van der Waals surface area contributed by atoms with Gasteiger partial charge in [-0.2, -0.15) is 0 Å². The number of nitrogens with zero attached hydrogens (tertiary/aromatic N) is 1. The SMILES string of the molecule is CCCCCCCCC[C@H](CCCCCCC[C@@H]1C[C@@H]1CCCCCCCC)NC(=O)[C@@H]1CCCCN1C. The summed E-state index contributed by atoms with van der Waals surface area (Å²) in [5.41, 5.74) is 0. The van der Waals surface area contributed by atoms with Crippen LogP contribution in [0.15, 0.2) is 0 Å². The Balaban J connectivity index is 1.53. The van der Waals surface area contributed by atoms with E-state index in [9.17, 15) is 4.79 Å². The molecule has 0 radical (unpaired) electrons. The highest BCUT2D eigenvalue weighted by Crippen LogP contribution is 2.45. The van der Waals surface area contributed by atoms with Gasteiger partial charge in [-0.15, -0.1) is 0 Å². The van der Waals surface area contributed by atoms with Gasteiger partial charge in [0.2, 0.25) is 5.91 Å². The van der Waals surface area contributed by atoms with E-state index in [2.05, 4.69) is 31.1 Å². The topological polar surface area (TPSA) is 32.3 Å². The largest absolute Gasteiger partial charge is 0.352 e. The third-order valence-corrected chi connectivity index (χ3v) is 9.70. The van der Waals surface area contributed by atoms with Crippen LogP contribution in [0, 0.1) is 11.8 Å². The number of carbonyl (C=O) groups is 1. The Kier molecular flexibility index (Phi) is 19.6. The number of hydrogen-bond acceptors (Lipinski definition) is 2. The van der Waals surface area contributed by atoms with Gasteiger partial charge in [0.15, 0.2) is 0 Å². The number of nitrogens with one attached hydrogen (secondary N) is 1. The number of likely N-dealkylation sites (N-methyl/N-ethyl adjacent to an activating group) is 1. The average molecular weight is 533 g/mol. The van der Waals surface area contributed by atoms with Gasteiger partial charge in [0.05, 0.1) is 6.04 Å². The first-order chi connectivity index (χ1) is 18.7. The van der Waals surface area contributed by atoms with Crippen molar-refractivity contribution in [3.63, 3.8) is 0 Å². The zero-order valence-corrected chi connectivity index (χ0v) is 26.3. The van der Waals surface area contributed by atoms with Crippen molar-refractivity contribution in [2.45, 2.75) is 193 Å². The van der Waals surface area contributed by atoms with Crippen LogP contribution in [0.3, 0.4) is 0 Å². The molecule has 4 atom stereocenters. The quantitative estimate of drug-likeness (QED) is 0.119. The zero-order chi connectivity index (χ0) is 27.3. The highest BCUT2D eigenvalue weighted by molar-refractivity contribution is 5.82. The molecule has 1 saturated carbocycles. The molecule has 0 aromatic rings. The number of amides is 1. The van der Waals surface area contributed by atoms with Crippen molar-refractivity contribution in [3.8, 4) is 0 Å². The standard InChI is InChI=1S/C35H68N2O/c1-4-6-8-10-12-16-20-26-33(36-35(38)34-28-22-23-29-37(34)3)27-21-17-13-15-19-25-32-30-31(32)24-18-14-11-9-7-5-2/h31-34H,4-30H2,1-3H3,(H,36,38)/t31-,32+,33+,34-/m0/s1. The number of piperidine rings is 1. The first kappa shape index (κ1) is 33.6. The van der Waals surface area contributed by atoms with E-state index in [4.69, 9.17) is 0 Å². The van der Waals surface area contributed by atoms with Crippen molar-refractivity contribution in [2.75, 3.05) is 13.6 Å². The van der Waals surface area contributed by atoms with E-state index in [0.717, 1.165) is 24.8 Å². The first-order valence-electron chi connectivity index (χ1n) is 17.7. The van der Waals surface area contributed by atoms with Crippen molar-refractivity contribution in [1.82, 2.24) is 10.2 Å². The van der Waals surface area contributed by atoms with Gasteiger partial charge in [-0.3, -0.25) is 9.69 Å². The van der Waals surface area contributed by atoms with Crippen molar-refractivity contribution in [3.05, 3.63) is 0 Å². The maximum atomic E-state index is 13.1. The van der Waals surface area contributed by atoms with Crippen LogP contribution >= 0.6 is 0 Å². The second-order valence-corrected chi connectivity index (χ2v) is 13.3. The van der Waals surface area contributed by atoms with Crippen molar-refractivity contribution in [2.24, 2.45) is 11.8 Å². The Morgan fingerprint density at radius 2 is 1.16 bits per heavy atom. The normalized spacial score (nSPS) is 22.4. The summed E-state index contributed by atoms with van der Waals surface area (Å²) in [7, 11) is 2.13. The van der Waals surface area contributed by atoms with Crippen LogP contribution in [0.2, 0.25) is 0 Å². The number of likely N-dealkylation sites (tertiary alicyclic amines) is 1. The Morgan fingerprint density at radius 1 is 0.684 bits per heavy atom. The molecule has 1 aliphatic heterocycles. The van der Waals surface area contributed by atoms with Crippen LogP contribution < -0.4 is 5.32 Å². The number of hydrogen-bond donors (Lipinski definition) is 1. The fraction of sp³-hybridized carbons (Fsp3) is 0.971. The summed E-state index contributed by atoms with van der Waals surface area (Å²) in [5.74, 6) is 2.46. The summed E-state index contributed by atoms with van der Waals surface area (Å²) in [6, 6.07) is 0.496. The van der Waals surface area contributed by atoms with Crippen molar-refractivity contribution < 1.29 is 4.79 Å². The minimum absolute atomic E-state index is 0.104. The summed E-state index contributed by atoms with van der Waals surface area (Å²) in [6.07, 6.45) is 35.4. The van der Waals surface area contributed by atoms with Gasteiger partial charge in [0.25, 0.3) is 0 Å². The van der Waals surface area contributed by atoms with Crippen LogP contribution in [-0.4, -0.2) is 36.5 Å². The molecule has 2 fully saturated rings. The molecule has 1 heterocycles. The Labute approximate surface area is 239 Å². The molecular formula is C35H68N2O. The minimum atomic E-state index is 0.104. The molecule has 0 unspecified atom stereocenters. The molecule has 38 heavy (non-hydrogen) atoms. The molecule has 3 nitrogen and oxygen atoms in total. The highest BCUT2D eigenvalue weighted by atomic mass is 16.2. The van der Waals surface area contributed by atoms with E-state index >= 15 is 0 Å². The van der Waals surface area contributed by atoms with E-state index in [1.165, 1.54) is 161 Å². The van der Waals surface area contributed by atoms with Gasteiger partial charge in [-0.05, 0) is 57.5 Å². The summed E-state index contributed by atoms with van der Waals surface area (Å²) < 4.78 is 0. The second kappa shape index (κ2) is 22.2. The third-order valence-electron chi connectivity index (χ3n) is 9.70. The van der Waals surface area contributed by atoms with E-state index in [1.54, 1.807) is 0 Å². The Morgan fingerprint density at radius 3 is 1.66 bits per heavy atom. The van der Waals surface area contributed by atoms with Crippen LogP contribution in [-0.2, 0) is 4.79 Å². The minimum Gasteiger partial charge on any atom is -0.352 e. The second-order valence-electron chi connectivity index (χ2n) is 13.3. The molecule has 1 saturated heterocycles. The zero-order valence-electron chi connectivity index (χ0n) is 26.3. The van der Waals surface area contributed by atoms with Gasteiger partial charge in [0.1, 0.15) is 0 Å². The molecule has 2 rings (SSSR count). The Bertz CT molecular complexity index is 564. The fourth-order valence-corrected chi connectivity index (χ4v) is 6.87. The Hall–Kier alpha value is -0.570. The molecular weight excluding hydrogens is 464 g/mol. The number of rotatable bonds is 25. The molecule has 0 aromatic heterocycles. The molecule has 224 valence electrons. The van der Waals surface area contributed by atoms with E-state index in [1.807, 2.05) is 0 Å². The van der Waals surface area contributed by atoms with Gasteiger partial charge in [0, 0.05) is 6.04 Å². The molecule has 0 bridgehead atoms. The maximum Gasteiger partial charge on any atom is 0.237 e. The number of carbonyl (C=O) groups excluding carboxylic acids is 1. The van der Waals surface area contributed by atoms with Gasteiger partial charge < -0.3 is 5.32 Å². The maximum absolute atomic E-state index is 13.1. The predicted octanol–water partition coefficient (Wildman–Crippen LogP) is 10.2. The monoisotopic (exact) mass is 533 g/mol. The highest BCUT2D eigenvalue weighted by Gasteiger charge is 2.35. The lowest BCUT2D eigenvalue weighted by Crippen LogP contribution is -2.50. The molecule has 1 aliphatic carbocycles. The summed E-state index contributed by atoms with van der Waals surface area (Å²) in [6.45, 7) is 5.67. The van der Waals surface area contributed by atoms with E-state index < -0.39 is 0 Å². The van der Waals surface area contributed by atoms with Crippen LogP contribution in [0.25, 0.3) is 0 Å². The summed E-state index contributed by atoms with van der Waals surface area (Å²) >= 11 is 0. The average Bonchev–Trinajstić information content (AvgIpc) is 3.67. The first-order valence-corrected chi connectivity index (χ1v) is 17.7. The summed E-state index contributed by atoms with van der Waals surface area (Å²) in [5, 5.41) is 3.51. The number of unbranched alkanes of at least 4 members (excludes halogenated alkanes) is 15. The lowest BCUT2D eigenvalue weighted by molar-refractivity contribution is -0.127. The van der Waals surface area contributed by atoms with Gasteiger partial charge >= 0.3 is 0 Å². The van der Waals surface area contributed by atoms with Crippen LogP contribution in [0.5, 0.6) is 0 Å². The summed E-state index contributed by atoms with van der Waals surface area (Å²) in [4.78, 5) is 15.3. The fourth-order valence-electron chi connectivity index (χ4n) is 6.87. The predicted molar refractivity (Wildman–Crippen MR) is 167 cm³/mol. The smallest absolute Gasteiger partial charge is 0.237 e. The van der Waals surface area contributed by atoms with E-state index in [0.29, 0.717) is 11.9 Å². The van der Waals surface area contributed by atoms with Crippen LogP contribution in [0.1, 0.15) is 181 Å². The molecule has 0 spiro atoms. The molecule has 1 N–H and O–H groups in total. The van der Waals surface area contributed by atoms with Crippen molar-refractivity contribution >= 4 is 5.91 Å². The lowest BCUT2D eigenvalue weighted by Gasteiger charge is -2.32. The molecule has 1 amide bonds. The van der Waals surface area contributed by atoms with Gasteiger partial charge in [-0.25, -0.2) is 0 Å². The van der Waals surface area contributed by atoms with Gasteiger partial charge in [-0.1, -0.05) is 149 Å². The van der Waals surface area contributed by atoms with E-state index in [-0.39, 0.29) is 6.04 Å². The van der Waals surface area contributed by atoms with Crippen LogP contribution in [0.4, 0.5) is 0 Å². The molecule has 0 aromatic carbocycles. The lowest BCUT2D eigenvalue weighted by atomic mass is 9.98. The van der Waals surface area contributed by atoms with Crippen molar-refractivity contribution in [1.29, 1.82) is 0 Å².